The second-order valence-electron chi connectivity index (χ2n) is 4.53. The van der Waals surface area contributed by atoms with E-state index in [0.717, 1.165) is 48.9 Å². The van der Waals surface area contributed by atoms with Gasteiger partial charge in [0.15, 0.2) is 0 Å². The lowest BCUT2D eigenvalue weighted by atomic mass is 10.1. The van der Waals surface area contributed by atoms with Crippen molar-refractivity contribution in [3.8, 4) is 0 Å². The van der Waals surface area contributed by atoms with Crippen LogP contribution < -0.4 is 5.32 Å². The number of allylic oxidation sites excluding steroid dienone is 1. The molecule has 0 bridgehead atoms. The zero-order valence-corrected chi connectivity index (χ0v) is 12.6. The summed E-state index contributed by atoms with van der Waals surface area (Å²) in [5, 5.41) is 8.57. The van der Waals surface area contributed by atoms with Gasteiger partial charge in [0.05, 0.1) is 16.4 Å². The van der Waals surface area contributed by atoms with Crippen LogP contribution in [0, 0.1) is 6.92 Å². The Labute approximate surface area is 115 Å². The van der Waals surface area contributed by atoms with Crippen LogP contribution in [0.15, 0.2) is 11.6 Å². The third kappa shape index (κ3) is 4.14. The zero-order chi connectivity index (χ0) is 13.5. The van der Waals surface area contributed by atoms with E-state index in [9.17, 15) is 0 Å². The minimum absolute atomic E-state index is 0.816. The van der Waals surface area contributed by atoms with Crippen LogP contribution in [0.2, 0.25) is 5.02 Å². The summed E-state index contributed by atoms with van der Waals surface area (Å²) >= 11 is 6.30. The molecule has 0 aliphatic rings. The van der Waals surface area contributed by atoms with Crippen molar-refractivity contribution in [2.45, 2.75) is 47.1 Å². The van der Waals surface area contributed by atoms with Gasteiger partial charge in [-0.25, -0.2) is 0 Å². The maximum absolute atomic E-state index is 6.30. The summed E-state index contributed by atoms with van der Waals surface area (Å²) in [5.41, 5.74) is 3.41. The molecule has 0 radical (unpaired) electrons. The number of hydrogen-bond donors (Lipinski definition) is 1. The molecule has 18 heavy (non-hydrogen) atoms. The van der Waals surface area contributed by atoms with Crippen LogP contribution in [0.5, 0.6) is 0 Å². The zero-order valence-electron chi connectivity index (χ0n) is 11.9. The number of nitrogens with zero attached hydrogens (tertiary/aromatic N) is 2. The number of aryl methyl sites for hydroxylation is 2. The molecular weight excluding hydrogens is 246 g/mol. The molecule has 0 unspecified atom stereocenters. The molecular formula is C14H24ClN3. The van der Waals surface area contributed by atoms with E-state index in [4.69, 9.17) is 11.6 Å². The normalized spacial score (nSPS) is 12.2. The molecule has 0 fully saturated rings. The minimum Gasteiger partial charge on any atom is -0.317 e. The molecule has 3 nitrogen and oxygen atoms in total. The van der Waals surface area contributed by atoms with Crippen LogP contribution in [0.3, 0.4) is 0 Å². The third-order valence-corrected chi connectivity index (χ3v) is 3.45. The van der Waals surface area contributed by atoms with Crippen LogP contribution in [0.1, 0.15) is 38.6 Å². The topological polar surface area (TPSA) is 29.9 Å². The Morgan fingerprint density at radius 2 is 2.17 bits per heavy atom. The van der Waals surface area contributed by atoms with Crippen molar-refractivity contribution < 1.29 is 0 Å². The molecule has 0 saturated carbocycles. The molecule has 0 aliphatic carbocycles. The SMILES string of the molecule is CCNCCC=C(C)Cc1c(Cl)c(C)nn1CC. The molecule has 1 aromatic heterocycles. The highest BCUT2D eigenvalue weighted by atomic mass is 35.5. The van der Waals surface area contributed by atoms with E-state index in [1.54, 1.807) is 0 Å². The Morgan fingerprint density at radius 1 is 1.44 bits per heavy atom. The summed E-state index contributed by atoms with van der Waals surface area (Å²) in [6, 6.07) is 0. The number of rotatable bonds is 7. The van der Waals surface area contributed by atoms with Crippen molar-refractivity contribution in [1.29, 1.82) is 0 Å². The summed E-state index contributed by atoms with van der Waals surface area (Å²) in [6.07, 6.45) is 4.23. The molecule has 1 rings (SSSR count). The minimum atomic E-state index is 0.816. The highest BCUT2D eigenvalue weighted by molar-refractivity contribution is 6.31. The van der Waals surface area contributed by atoms with Crippen LogP contribution >= 0.6 is 11.6 Å². The van der Waals surface area contributed by atoms with Gasteiger partial charge in [0.1, 0.15) is 0 Å². The van der Waals surface area contributed by atoms with Gasteiger partial charge in [-0.1, -0.05) is 30.2 Å². The molecule has 0 aromatic carbocycles. The van der Waals surface area contributed by atoms with Crippen molar-refractivity contribution >= 4 is 11.6 Å². The van der Waals surface area contributed by atoms with Crippen LogP contribution in [-0.4, -0.2) is 22.9 Å². The Kier molecular flexibility index (Phi) is 6.44. The quantitative estimate of drug-likeness (QED) is 0.608. The molecule has 4 heteroatoms. The van der Waals surface area contributed by atoms with E-state index in [1.807, 2.05) is 11.6 Å². The maximum Gasteiger partial charge on any atom is 0.0850 e. The summed E-state index contributed by atoms with van der Waals surface area (Å²) in [5.74, 6) is 0. The number of aromatic nitrogens is 2. The highest BCUT2D eigenvalue weighted by Crippen LogP contribution is 2.22. The van der Waals surface area contributed by atoms with Crippen LogP contribution in [-0.2, 0) is 13.0 Å². The fourth-order valence-corrected chi connectivity index (χ4v) is 2.17. The molecule has 102 valence electrons. The molecule has 0 atom stereocenters. The lowest BCUT2D eigenvalue weighted by Gasteiger charge is -2.06. The predicted octanol–water partition coefficient (Wildman–Crippen LogP) is 3.35. The second-order valence-corrected chi connectivity index (χ2v) is 4.91. The van der Waals surface area contributed by atoms with Crippen molar-refractivity contribution in [2.24, 2.45) is 0 Å². The number of nitrogens with one attached hydrogen (secondary N) is 1. The van der Waals surface area contributed by atoms with Gasteiger partial charge in [-0.3, -0.25) is 4.68 Å². The lowest BCUT2D eigenvalue weighted by molar-refractivity contribution is 0.623. The van der Waals surface area contributed by atoms with Crippen molar-refractivity contribution in [3.63, 3.8) is 0 Å². The molecule has 0 spiro atoms. The smallest absolute Gasteiger partial charge is 0.0850 e. The third-order valence-electron chi connectivity index (χ3n) is 2.96. The second kappa shape index (κ2) is 7.59. The Balaban J connectivity index is 2.66. The first kappa shape index (κ1) is 15.3. The standard InChI is InChI=1S/C14H24ClN3/c1-5-16-9-7-8-11(3)10-13-14(15)12(4)17-18(13)6-2/h8,16H,5-7,9-10H2,1-4H3. The first-order valence-corrected chi connectivity index (χ1v) is 7.06. The van der Waals surface area contributed by atoms with Gasteiger partial charge in [-0.05, 0) is 40.3 Å². The van der Waals surface area contributed by atoms with Crippen molar-refractivity contribution in [1.82, 2.24) is 15.1 Å². The number of halogens is 1. The van der Waals surface area contributed by atoms with Gasteiger partial charge in [-0.2, -0.15) is 5.10 Å². The maximum atomic E-state index is 6.30. The monoisotopic (exact) mass is 269 g/mol. The molecule has 0 amide bonds. The largest absolute Gasteiger partial charge is 0.317 e. The van der Waals surface area contributed by atoms with Gasteiger partial charge >= 0.3 is 0 Å². The van der Waals surface area contributed by atoms with Gasteiger partial charge in [0.2, 0.25) is 0 Å². The average Bonchev–Trinajstić information content (AvgIpc) is 2.62. The van der Waals surface area contributed by atoms with Crippen molar-refractivity contribution in [3.05, 3.63) is 28.1 Å². The van der Waals surface area contributed by atoms with Gasteiger partial charge in [0.25, 0.3) is 0 Å². The Hall–Kier alpha value is -0.800. The lowest BCUT2D eigenvalue weighted by Crippen LogP contribution is -2.13. The van der Waals surface area contributed by atoms with Gasteiger partial charge in [0, 0.05) is 13.0 Å². The Bertz CT molecular complexity index is 407. The molecule has 1 aromatic rings. The molecule has 1 N–H and O–H groups in total. The first-order valence-electron chi connectivity index (χ1n) is 6.68. The molecule has 1 heterocycles. The van der Waals surface area contributed by atoms with E-state index >= 15 is 0 Å². The summed E-state index contributed by atoms with van der Waals surface area (Å²) < 4.78 is 2.00. The van der Waals surface area contributed by atoms with Gasteiger partial charge in [-0.15, -0.1) is 0 Å². The van der Waals surface area contributed by atoms with E-state index in [2.05, 4.69) is 37.3 Å². The van der Waals surface area contributed by atoms with E-state index in [0.29, 0.717) is 0 Å². The fourth-order valence-electron chi connectivity index (χ4n) is 1.97. The van der Waals surface area contributed by atoms with E-state index in [1.165, 1.54) is 5.57 Å². The summed E-state index contributed by atoms with van der Waals surface area (Å²) in [6.45, 7) is 11.3. The highest BCUT2D eigenvalue weighted by Gasteiger charge is 2.12. The molecule has 0 saturated heterocycles. The van der Waals surface area contributed by atoms with E-state index < -0.39 is 0 Å². The predicted molar refractivity (Wildman–Crippen MR) is 78.3 cm³/mol. The van der Waals surface area contributed by atoms with Crippen LogP contribution in [0.25, 0.3) is 0 Å². The fraction of sp³-hybridized carbons (Fsp3) is 0.643. The number of hydrogen-bond acceptors (Lipinski definition) is 2. The van der Waals surface area contributed by atoms with Crippen molar-refractivity contribution in [2.75, 3.05) is 13.1 Å². The van der Waals surface area contributed by atoms with Crippen LogP contribution in [0.4, 0.5) is 0 Å². The molecule has 0 aliphatic heterocycles. The first-order chi connectivity index (χ1) is 8.60. The average molecular weight is 270 g/mol. The Morgan fingerprint density at radius 3 is 2.78 bits per heavy atom. The summed E-state index contributed by atoms with van der Waals surface area (Å²) in [7, 11) is 0. The summed E-state index contributed by atoms with van der Waals surface area (Å²) in [4.78, 5) is 0. The van der Waals surface area contributed by atoms with Gasteiger partial charge < -0.3 is 5.32 Å². The van der Waals surface area contributed by atoms with E-state index in [-0.39, 0.29) is 0 Å².